The second-order valence-corrected chi connectivity index (χ2v) is 6.86. The number of hydrogen-bond donors (Lipinski definition) is 0. The molecule has 0 fully saturated rings. The molecule has 0 aliphatic rings. The fraction of sp³-hybridized carbons (Fsp3) is 0.200. The molecule has 2 rings (SSSR count). The van der Waals surface area contributed by atoms with E-state index in [2.05, 4.69) is 15.9 Å². The highest BCUT2D eigenvalue weighted by molar-refractivity contribution is 9.10. The second kappa shape index (κ2) is 7.06. The SMILES string of the molecule is COc1ccc(CCOS(=O)(=O)c2ccc(Br)cc2)cc1. The Bertz CT molecular complexity index is 679. The van der Waals surface area contributed by atoms with Crippen molar-refractivity contribution in [2.24, 2.45) is 0 Å². The summed E-state index contributed by atoms with van der Waals surface area (Å²) in [5.41, 5.74) is 0.988. The van der Waals surface area contributed by atoms with E-state index in [0.717, 1.165) is 15.8 Å². The predicted octanol–water partition coefficient (Wildman–Crippen LogP) is 3.41. The number of rotatable bonds is 6. The molecule has 6 heteroatoms. The average Bonchev–Trinajstić information content (AvgIpc) is 2.48. The summed E-state index contributed by atoms with van der Waals surface area (Å²) < 4.78 is 34.9. The van der Waals surface area contributed by atoms with Crippen LogP contribution >= 0.6 is 15.9 Å². The van der Waals surface area contributed by atoms with Crippen molar-refractivity contribution in [1.29, 1.82) is 0 Å². The van der Waals surface area contributed by atoms with E-state index in [1.54, 1.807) is 19.2 Å². The summed E-state index contributed by atoms with van der Waals surface area (Å²) in [4.78, 5) is 0.153. The molecule has 0 radical (unpaired) electrons. The Morgan fingerprint density at radius 1 is 1.00 bits per heavy atom. The van der Waals surface area contributed by atoms with E-state index in [-0.39, 0.29) is 11.5 Å². The Balaban J connectivity index is 1.93. The Morgan fingerprint density at radius 3 is 2.19 bits per heavy atom. The molecule has 4 nitrogen and oxygen atoms in total. The first-order valence-corrected chi connectivity index (χ1v) is 8.49. The van der Waals surface area contributed by atoms with Gasteiger partial charge in [-0.3, -0.25) is 4.18 Å². The van der Waals surface area contributed by atoms with Crippen molar-refractivity contribution in [2.75, 3.05) is 13.7 Å². The Labute approximate surface area is 133 Å². The van der Waals surface area contributed by atoms with Gasteiger partial charge in [-0.05, 0) is 48.4 Å². The number of ether oxygens (including phenoxy) is 1. The van der Waals surface area contributed by atoms with E-state index >= 15 is 0 Å². The number of hydrogen-bond acceptors (Lipinski definition) is 4. The van der Waals surface area contributed by atoms with Gasteiger partial charge in [-0.2, -0.15) is 8.42 Å². The summed E-state index contributed by atoms with van der Waals surface area (Å²) in [6.07, 6.45) is 0.514. The molecule has 2 aromatic rings. The molecule has 0 heterocycles. The van der Waals surface area contributed by atoms with Gasteiger partial charge in [-0.1, -0.05) is 28.1 Å². The highest BCUT2D eigenvalue weighted by atomic mass is 79.9. The maximum atomic E-state index is 12.0. The number of methoxy groups -OCH3 is 1. The van der Waals surface area contributed by atoms with Crippen LogP contribution in [0.3, 0.4) is 0 Å². The van der Waals surface area contributed by atoms with Gasteiger partial charge in [0.15, 0.2) is 0 Å². The molecule has 2 aromatic carbocycles. The third-order valence-corrected chi connectivity index (χ3v) is 4.75. The fourth-order valence-electron chi connectivity index (χ4n) is 1.73. The predicted molar refractivity (Wildman–Crippen MR) is 84.0 cm³/mol. The maximum absolute atomic E-state index is 12.0. The topological polar surface area (TPSA) is 52.6 Å². The monoisotopic (exact) mass is 370 g/mol. The summed E-state index contributed by atoms with van der Waals surface area (Å²) in [5.74, 6) is 0.766. The lowest BCUT2D eigenvalue weighted by Crippen LogP contribution is -2.09. The minimum Gasteiger partial charge on any atom is -0.497 e. The van der Waals surface area contributed by atoms with E-state index in [4.69, 9.17) is 8.92 Å². The van der Waals surface area contributed by atoms with E-state index in [1.807, 2.05) is 24.3 Å². The van der Waals surface area contributed by atoms with Gasteiger partial charge in [0.1, 0.15) is 5.75 Å². The fourth-order valence-corrected chi connectivity index (χ4v) is 2.90. The van der Waals surface area contributed by atoms with E-state index in [1.165, 1.54) is 12.1 Å². The van der Waals surface area contributed by atoms with Crippen molar-refractivity contribution < 1.29 is 17.3 Å². The van der Waals surface area contributed by atoms with Crippen LogP contribution in [0, 0.1) is 0 Å². The molecule has 112 valence electrons. The van der Waals surface area contributed by atoms with Gasteiger partial charge in [0, 0.05) is 4.47 Å². The molecule has 0 atom stereocenters. The molecule has 0 N–H and O–H groups in total. The molecular formula is C15H15BrO4S. The standard InChI is InChI=1S/C15H15BrO4S/c1-19-14-6-2-12(3-7-14)10-11-20-21(17,18)15-8-4-13(16)5-9-15/h2-9H,10-11H2,1H3. The van der Waals surface area contributed by atoms with Crippen molar-refractivity contribution in [3.8, 4) is 5.75 Å². The van der Waals surface area contributed by atoms with Gasteiger partial charge in [0.25, 0.3) is 10.1 Å². The molecule has 0 bridgehead atoms. The molecule has 0 aromatic heterocycles. The number of halogens is 1. The van der Waals surface area contributed by atoms with Crippen molar-refractivity contribution in [3.63, 3.8) is 0 Å². The van der Waals surface area contributed by atoms with Crippen molar-refractivity contribution in [1.82, 2.24) is 0 Å². The Kier molecular flexibility index (Phi) is 5.39. The van der Waals surface area contributed by atoms with Crippen LogP contribution in [0.25, 0.3) is 0 Å². The maximum Gasteiger partial charge on any atom is 0.296 e. The molecular weight excluding hydrogens is 356 g/mol. The van der Waals surface area contributed by atoms with Crippen LogP contribution < -0.4 is 4.74 Å². The van der Waals surface area contributed by atoms with Gasteiger partial charge in [0.2, 0.25) is 0 Å². The van der Waals surface area contributed by atoms with Crippen LogP contribution in [-0.4, -0.2) is 22.1 Å². The van der Waals surface area contributed by atoms with Gasteiger partial charge >= 0.3 is 0 Å². The second-order valence-electron chi connectivity index (χ2n) is 4.33. The lowest BCUT2D eigenvalue weighted by atomic mass is 10.1. The average molecular weight is 371 g/mol. The minimum absolute atomic E-state index is 0.102. The zero-order valence-electron chi connectivity index (χ0n) is 11.5. The molecule has 0 saturated carbocycles. The summed E-state index contributed by atoms with van der Waals surface area (Å²) in [5, 5.41) is 0. The minimum atomic E-state index is -3.71. The van der Waals surface area contributed by atoms with Crippen LogP contribution in [0.1, 0.15) is 5.56 Å². The van der Waals surface area contributed by atoms with Crippen molar-refractivity contribution >= 4 is 26.0 Å². The normalized spacial score (nSPS) is 11.3. The lowest BCUT2D eigenvalue weighted by molar-refractivity contribution is 0.322. The van der Waals surface area contributed by atoms with Crippen molar-refractivity contribution in [3.05, 3.63) is 58.6 Å². The molecule has 0 unspecified atom stereocenters. The van der Waals surface area contributed by atoms with Crippen LogP contribution in [0.5, 0.6) is 5.75 Å². The highest BCUT2D eigenvalue weighted by Gasteiger charge is 2.14. The zero-order chi connectivity index (χ0) is 15.3. The van der Waals surface area contributed by atoms with E-state index in [0.29, 0.717) is 6.42 Å². The first kappa shape index (κ1) is 16.0. The molecule has 21 heavy (non-hydrogen) atoms. The van der Waals surface area contributed by atoms with Crippen LogP contribution in [0.2, 0.25) is 0 Å². The van der Waals surface area contributed by atoms with Crippen LogP contribution in [-0.2, 0) is 20.7 Å². The summed E-state index contributed by atoms with van der Waals surface area (Å²) in [6, 6.07) is 13.8. The molecule has 0 amide bonds. The van der Waals surface area contributed by atoms with Gasteiger partial charge in [0.05, 0.1) is 18.6 Å². The first-order chi connectivity index (χ1) is 10.0. The van der Waals surface area contributed by atoms with Crippen LogP contribution in [0.4, 0.5) is 0 Å². The Morgan fingerprint density at radius 2 is 1.62 bits per heavy atom. The zero-order valence-corrected chi connectivity index (χ0v) is 13.9. The summed E-state index contributed by atoms with van der Waals surface area (Å²) >= 11 is 3.26. The first-order valence-electron chi connectivity index (χ1n) is 6.29. The summed E-state index contributed by atoms with van der Waals surface area (Å²) in [6.45, 7) is 0.102. The lowest BCUT2D eigenvalue weighted by Gasteiger charge is -2.06. The van der Waals surface area contributed by atoms with E-state index < -0.39 is 10.1 Å². The Hall–Kier alpha value is -1.37. The van der Waals surface area contributed by atoms with Gasteiger partial charge < -0.3 is 4.74 Å². The molecule has 0 aliphatic heterocycles. The highest BCUT2D eigenvalue weighted by Crippen LogP contribution is 2.17. The number of benzene rings is 2. The molecule has 0 spiro atoms. The quantitative estimate of drug-likeness (QED) is 0.731. The van der Waals surface area contributed by atoms with Crippen molar-refractivity contribution in [2.45, 2.75) is 11.3 Å². The van der Waals surface area contributed by atoms with E-state index in [9.17, 15) is 8.42 Å². The molecule has 0 aliphatic carbocycles. The largest absolute Gasteiger partial charge is 0.497 e. The van der Waals surface area contributed by atoms with Crippen LogP contribution in [0.15, 0.2) is 57.9 Å². The third kappa shape index (κ3) is 4.56. The summed E-state index contributed by atoms with van der Waals surface area (Å²) in [7, 11) is -2.11. The smallest absolute Gasteiger partial charge is 0.296 e. The third-order valence-electron chi connectivity index (χ3n) is 2.89. The van der Waals surface area contributed by atoms with Gasteiger partial charge in [-0.15, -0.1) is 0 Å². The molecule has 0 saturated heterocycles. The van der Waals surface area contributed by atoms with Gasteiger partial charge in [-0.25, -0.2) is 0 Å².